The van der Waals surface area contributed by atoms with Gasteiger partial charge in [-0.05, 0) is 43.0 Å². The Bertz CT molecular complexity index is 383. The number of unbranched alkanes of at least 4 members (excludes halogenated alkanes) is 1. The van der Waals surface area contributed by atoms with E-state index in [2.05, 4.69) is 11.6 Å². The number of thioether (sulfide) groups is 1. The van der Waals surface area contributed by atoms with Crippen LogP contribution in [0.3, 0.4) is 0 Å². The van der Waals surface area contributed by atoms with Gasteiger partial charge in [-0.2, -0.15) is 11.8 Å². The van der Waals surface area contributed by atoms with E-state index in [0.717, 1.165) is 18.7 Å². The second-order valence-electron chi connectivity index (χ2n) is 3.73. The minimum absolute atomic E-state index is 0.151. The van der Waals surface area contributed by atoms with Crippen LogP contribution in [0, 0.1) is 0 Å². The van der Waals surface area contributed by atoms with Crippen molar-refractivity contribution in [2.24, 2.45) is 0 Å². The number of anilines is 2. The van der Waals surface area contributed by atoms with Crippen LogP contribution in [0.1, 0.15) is 23.2 Å². The maximum Gasteiger partial charge on any atom is 0.337 e. The van der Waals surface area contributed by atoms with Crippen LogP contribution in [0.4, 0.5) is 11.4 Å². The Balaban J connectivity index is 2.45. The largest absolute Gasteiger partial charge is 0.478 e. The summed E-state index contributed by atoms with van der Waals surface area (Å²) in [5.41, 5.74) is 6.97. The second kappa shape index (κ2) is 7.06. The SMILES string of the molecule is CSCCCCNc1ccc(C(=O)O)c(N)c1. The first-order valence-electron chi connectivity index (χ1n) is 5.50. The van der Waals surface area contributed by atoms with Crippen LogP contribution in [-0.2, 0) is 0 Å². The summed E-state index contributed by atoms with van der Waals surface area (Å²) < 4.78 is 0. The predicted octanol–water partition coefficient (Wildman–Crippen LogP) is 2.52. The molecule has 1 aromatic carbocycles. The Labute approximate surface area is 106 Å². The Morgan fingerprint density at radius 1 is 1.47 bits per heavy atom. The number of benzene rings is 1. The predicted molar refractivity (Wildman–Crippen MR) is 73.9 cm³/mol. The smallest absolute Gasteiger partial charge is 0.337 e. The van der Waals surface area contributed by atoms with Gasteiger partial charge in [-0.25, -0.2) is 4.79 Å². The first-order chi connectivity index (χ1) is 8.15. The van der Waals surface area contributed by atoms with Crippen LogP contribution in [0.25, 0.3) is 0 Å². The van der Waals surface area contributed by atoms with Crippen molar-refractivity contribution in [1.82, 2.24) is 0 Å². The average molecular weight is 254 g/mol. The number of carboxylic acid groups (broad SMARTS) is 1. The van der Waals surface area contributed by atoms with Gasteiger partial charge in [-0.15, -0.1) is 0 Å². The highest BCUT2D eigenvalue weighted by Crippen LogP contribution is 2.18. The van der Waals surface area contributed by atoms with Gasteiger partial charge >= 0.3 is 5.97 Å². The molecule has 17 heavy (non-hydrogen) atoms. The summed E-state index contributed by atoms with van der Waals surface area (Å²) in [6, 6.07) is 4.94. The Morgan fingerprint density at radius 3 is 2.82 bits per heavy atom. The highest BCUT2D eigenvalue weighted by Gasteiger charge is 2.07. The molecule has 0 aliphatic heterocycles. The van der Waals surface area contributed by atoms with Crippen LogP contribution in [-0.4, -0.2) is 29.6 Å². The zero-order chi connectivity index (χ0) is 12.7. The van der Waals surface area contributed by atoms with E-state index >= 15 is 0 Å². The highest BCUT2D eigenvalue weighted by molar-refractivity contribution is 7.98. The maximum atomic E-state index is 10.8. The van der Waals surface area contributed by atoms with Crippen LogP contribution >= 0.6 is 11.8 Å². The molecular formula is C12H18N2O2S. The lowest BCUT2D eigenvalue weighted by molar-refractivity contribution is 0.0698. The van der Waals surface area contributed by atoms with Crippen molar-refractivity contribution in [3.8, 4) is 0 Å². The number of nitrogens with one attached hydrogen (secondary N) is 1. The van der Waals surface area contributed by atoms with Gasteiger partial charge in [-0.1, -0.05) is 0 Å². The van der Waals surface area contributed by atoms with E-state index in [1.165, 1.54) is 18.2 Å². The molecule has 0 heterocycles. The molecule has 4 N–H and O–H groups in total. The highest BCUT2D eigenvalue weighted by atomic mass is 32.2. The van der Waals surface area contributed by atoms with Crippen molar-refractivity contribution in [3.63, 3.8) is 0 Å². The van der Waals surface area contributed by atoms with Crippen molar-refractivity contribution in [3.05, 3.63) is 23.8 Å². The normalized spacial score (nSPS) is 10.2. The van der Waals surface area contributed by atoms with Crippen LogP contribution < -0.4 is 11.1 Å². The van der Waals surface area contributed by atoms with Crippen LogP contribution in [0.15, 0.2) is 18.2 Å². The van der Waals surface area contributed by atoms with Gasteiger partial charge in [0, 0.05) is 17.9 Å². The fraction of sp³-hybridized carbons (Fsp3) is 0.417. The van der Waals surface area contributed by atoms with Gasteiger partial charge in [0.15, 0.2) is 0 Å². The molecule has 94 valence electrons. The van der Waals surface area contributed by atoms with Crippen LogP contribution in [0.2, 0.25) is 0 Å². The molecule has 0 amide bonds. The van der Waals surface area contributed by atoms with E-state index in [1.807, 2.05) is 11.8 Å². The molecule has 0 saturated heterocycles. The molecule has 0 spiro atoms. The molecule has 0 radical (unpaired) electrons. The summed E-state index contributed by atoms with van der Waals surface area (Å²) in [4.78, 5) is 10.8. The molecule has 0 atom stereocenters. The summed E-state index contributed by atoms with van der Waals surface area (Å²) in [5.74, 6) is 0.177. The lowest BCUT2D eigenvalue weighted by Gasteiger charge is -2.08. The topological polar surface area (TPSA) is 75.3 Å². The molecule has 0 bridgehead atoms. The number of hydrogen-bond acceptors (Lipinski definition) is 4. The quantitative estimate of drug-likeness (QED) is 0.515. The summed E-state index contributed by atoms with van der Waals surface area (Å²) in [6.07, 6.45) is 4.37. The molecule has 0 unspecified atom stereocenters. The second-order valence-corrected chi connectivity index (χ2v) is 4.72. The van der Waals surface area contributed by atoms with Gasteiger partial charge in [0.2, 0.25) is 0 Å². The van der Waals surface area contributed by atoms with Gasteiger partial charge in [0.05, 0.1) is 5.56 Å². The monoisotopic (exact) mass is 254 g/mol. The molecule has 4 nitrogen and oxygen atoms in total. The third-order valence-corrected chi connectivity index (χ3v) is 3.08. The molecule has 0 saturated carbocycles. The van der Waals surface area contributed by atoms with E-state index in [9.17, 15) is 4.79 Å². The minimum Gasteiger partial charge on any atom is -0.478 e. The van der Waals surface area contributed by atoms with E-state index in [-0.39, 0.29) is 5.56 Å². The summed E-state index contributed by atoms with van der Waals surface area (Å²) in [6.45, 7) is 0.881. The number of carbonyl (C=O) groups is 1. The van der Waals surface area contributed by atoms with Gasteiger partial charge in [0.25, 0.3) is 0 Å². The molecule has 1 rings (SSSR count). The molecule has 0 fully saturated rings. The van der Waals surface area contributed by atoms with E-state index < -0.39 is 5.97 Å². The first kappa shape index (κ1) is 13.7. The zero-order valence-electron chi connectivity index (χ0n) is 9.90. The number of carboxylic acids is 1. The van der Waals surface area contributed by atoms with Crippen molar-refractivity contribution in [1.29, 1.82) is 0 Å². The van der Waals surface area contributed by atoms with Crippen molar-refractivity contribution in [2.75, 3.05) is 29.6 Å². The molecule has 0 aliphatic carbocycles. The first-order valence-corrected chi connectivity index (χ1v) is 6.90. The average Bonchev–Trinajstić information content (AvgIpc) is 2.28. The number of nitrogens with two attached hydrogens (primary N) is 1. The van der Waals surface area contributed by atoms with E-state index in [1.54, 1.807) is 12.1 Å². The van der Waals surface area contributed by atoms with Crippen molar-refractivity contribution < 1.29 is 9.90 Å². The van der Waals surface area contributed by atoms with Crippen LogP contribution in [0.5, 0.6) is 0 Å². The fourth-order valence-corrected chi connectivity index (χ4v) is 1.96. The van der Waals surface area contributed by atoms with Gasteiger partial charge < -0.3 is 16.2 Å². The molecule has 5 heteroatoms. The molecular weight excluding hydrogens is 236 g/mol. The lowest BCUT2D eigenvalue weighted by Crippen LogP contribution is -2.05. The summed E-state index contributed by atoms with van der Waals surface area (Å²) in [7, 11) is 0. The fourth-order valence-electron chi connectivity index (χ4n) is 1.47. The van der Waals surface area contributed by atoms with Crippen molar-refractivity contribution in [2.45, 2.75) is 12.8 Å². The number of nitrogen functional groups attached to an aromatic ring is 1. The Morgan fingerprint density at radius 2 is 2.24 bits per heavy atom. The molecule has 0 aromatic heterocycles. The lowest BCUT2D eigenvalue weighted by atomic mass is 10.1. The third-order valence-electron chi connectivity index (χ3n) is 2.39. The number of rotatable bonds is 7. The third kappa shape index (κ3) is 4.56. The standard InChI is InChI=1S/C12H18N2O2S/c1-17-7-3-2-6-14-9-4-5-10(12(15)16)11(13)8-9/h4-5,8,14H,2-3,6-7,13H2,1H3,(H,15,16). The Kier molecular flexibility index (Phi) is 5.69. The summed E-state index contributed by atoms with van der Waals surface area (Å²) in [5, 5.41) is 12.1. The van der Waals surface area contributed by atoms with Gasteiger partial charge in [-0.3, -0.25) is 0 Å². The Hall–Kier alpha value is -1.36. The number of hydrogen-bond donors (Lipinski definition) is 3. The van der Waals surface area contributed by atoms with E-state index in [0.29, 0.717) is 5.69 Å². The summed E-state index contributed by atoms with van der Waals surface area (Å²) >= 11 is 1.84. The molecule has 1 aromatic rings. The minimum atomic E-state index is -0.992. The zero-order valence-corrected chi connectivity index (χ0v) is 10.7. The van der Waals surface area contributed by atoms with Gasteiger partial charge in [0.1, 0.15) is 0 Å². The number of aromatic carboxylic acids is 1. The van der Waals surface area contributed by atoms with E-state index in [4.69, 9.17) is 10.8 Å². The van der Waals surface area contributed by atoms with Crippen molar-refractivity contribution >= 4 is 29.1 Å². The maximum absolute atomic E-state index is 10.8. The molecule has 0 aliphatic rings.